The topological polar surface area (TPSA) is 110 Å². The molecule has 1 aromatic heterocycles. The van der Waals surface area contributed by atoms with Gasteiger partial charge in [0.05, 0.1) is 34.5 Å². The number of fused-ring (bicyclic) bond motifs is 1. The second kappa shape index (κ2) is 13.5. The molecular weight excluding hydrogens is 614 g/mol. The standard InChI is InChI=1S/C34H32ClN3O6S/c1-5-37(6-2)32(40)29-20(3)36-34-38(30(29)23-11-13-25(35)14-12-23)31(39)28(45-34)18-21-10-15-26(27(17-21)43-4)44-19-22-8-7-9-24(16-22)33(41)42/h7-18,30H,5-6,19H2,1-4H3,(H,41,42)/b28-18+/t30-/m1/s1. The fraction of sp³-hybridized carbons (Fsp3) is 0.235. The Morgan fingerprint density at radius 3 is 2.47 bits per heavy atom. The molecule has 0 aliphatic carbocycles. The number of carboxylic acid groups (broad SMARTS) is 1. The number of hydrogen-bond donors (Lipinski definition) is 1. The summed E-state index contributed by atoms with van der Waals surface area (Å²) in [5, 5.41) is 9.81. The van der Waals surface area contributed by atoms with Gasteiger partial charge in [0.25, 0.3) is 11.5 Å². The van der Waals surface area contributed by atoms with E-state index >= 15 is 0 Å². The zero-order valence-corrected chi connectivity index (χ0v) is 26.8. The maximum absolute atomic E-state index is 14.0. The van der Waals surface area contributed by atoms with Gasteiger partial charge in [-0.1, -0.05) is 53.3 Å². The smallest absolute Gasteiger partial charge is 0.335 e. The number of nitrogens with zero attached hydrogens (tertiary/aromatic N) is 3. The molecule has 0 saturated heterocycles. The summed E-state index contributed by atoms with van der Waals surface area (Å²) in [5.41, 5.74) is 3.09. The van der Waals surface area contributed by atoms with Crippen LogP contribution in [0.4, 0.5) is 0 Å². The van der Waals surface area contributed by atoms with Crippen LogP contribution in [0.25, 0.3) is 6.08 Å². The zero-order valence-electron chi connectivity index (χ0n) is 25.2. The lowest BCUT2D eigenvalue weighted by Crippen LogP contribution is -2.43. The minimum atomic E-state index is -1.01. The van der Waals surface area contributed by atoms with Gasteiger partial charge >= 0.3 is 5.97 Å². The van der Waals surface area contributed by atoms with Crippen molar-refractivity contribution in [3.05, 3.63) is 125 Å². The number of carbonyl (C=O) groups is 2. The predicted octanol–water partition coefficient (Wildman–Crippen LogP) is 5.04. The van der Waals surface area contributed by atoms with E-state index in [9.17, 15) is 19.5 Å². The van der Waals surface area contributed by atoms with E-state index in [0.29, 0.717) is 61.3 Å². The largest absolute Gasteiger partial charge is 0.493 e. The van der Waals surface area contributed by atoms with Crippen LogP contribution in [0.2, 0.25) is 5.02 Å². The second-order valence-corrected chi connectivity index (χ2v) is 11.8. The number of rotatable bonds is 10. The molecule has 1 atom stereocenters. The van der Waals surface area contributed by atoms with E-state index < -0.39 is 12.0 Å². The molecule has 45 heavy (non-hydrogen) atoms. The van der Waals surface area contributed by atoms with Crippen molar-refractivity contribution in [1.29, 1.82) is 0 Å². The van der Waals surface area contributed by atoms with Crippen LogP contribution in [-0.4, -0.2) is 46.6 Å². The van der Waals surface area contributed by atoms with Crippen molar-refractivity contribution < 1.29 is 24.2 Å². The lowest BCUT2D eigenvalue weighted by Gasteiger charge is -2.29. The average Bonchev–Trinajstić information content (AvgIpc) is 3.34. The number of benzene rings is 3. The Hall–Kier alpha value is -4.67. The first kappa shape index (κ1) is 31.7. The number of aromatic nitrogens is 1. The molecule has 1 N–H and O–H groups in total. The Labute approximate surface area is 268 Å². The normalized spacial score (nSPS) is 14.5. The van der Waals surface area contributed by atoms with Gasteiger partial charge in [-0.3, -0.25) is 14.2 Å². The average molecular weight is 646 g/mol. The highest BCUT2D eigenvalue weighted by Crippen LogP contribution is 2.32. The van der Waals surface area contributed by atoms with Crippen molar-refractivity contribution in [3.8, 4) is 11.5 Å². The molecule has 0 bridgehead atoms. The number of aromatic carboxylic acids is 1. The van der Waals surface area contributed by atoms with E-state index in [0.717, 1.165) is 5.56 Å². The molecule has 0 unspecified atom stereocenters. The summed E-state index contributed by atoms with van der Waals surface area (Å²) in [4.78, 5) is 46.0. The maximum Gasteiger partial charge on any atom is 0.335 e. The van der Waals surface area contributed by atoms with Crippen molar-refractivity contribution in [3.63, 3.8) is 0 Å². The number of thiazole rings is 1. The Kier molecular flexibility index (Phi) is 9.55. The highest BCUT2D eigenvalue weighted by molar-refractivity contribution is 7.07. The first-order valence-corrected chi connectivity index (χ1v) is 15.5. The molecular formula is C34H32ClN3O6S. The molecule has 5 rings (SSSR count). The van der Waals surface area contributed by atoms with Crippen LogP contribution in [-0.2, 0) is 11.4 Å². The number of ether oxygens (including phenoxy) is 2. The molecule has 0 fully saturated rings. The Balaban J connectivity index is 1.53. The van der Waals surface area contributed by atoms with Crippen molar-refractivity contribution in [2.75, 3.05) is 20.2 Å². The summed E-state index contributed by atoms with van der Waals surface area (Å²) in [5.74, 6) is -0.251. The summed E-state index contributed by atoms with van der Waals surface area (Å²) in [6.45, 7) is 6.85. The summed E-state index contributed by atoms with van der Waals surface area (Å²) in [6, 6.07) is 18.3. The van der Waals surface area contributed by atoms with Gasteiger partial charge in [-0.05, 0) is 79.9 Å². The fourth-order valence-electron chi connectivity index (χ4n) is 5.24. The minimum absolute atomic E-state index is 0.147. The third kappa shape index (κ3) is 6.57. The van der Waals surface area contributed by atoms with Gasteiger partial charge in [-0.15, -0.1) is 0 Å². The molecule has 11 heteroatoms. The molecule has 1 aliphatic rings. The van der Waals surface area contributed by atoms with Crippen LogP contribution in [0.5, 0.6) is 11.5 Å². The summed E-state index contributed by atoms with van der Waals surface area (Å²) in [7, 11) is 1.52. The monoisotopic (exact) mass is 645 g/mol. The molecule has 4 aromatic rings. The number of carbonyl (C=O) groups excluding carboxylic acids is 1. The highest BCUT2D eigenvalue weighted by atomic mass is 35.5. The van der Waals surface area contributed by atoms with E-state index in [4.69, 9.17) is 26.1 Å². The molecule has 0 saturated carbocycles. The fourth-order valence-corrected chi connectivity index (χ4v) is 6.41. The minimum Gasteiger partial charge on any atom is -0.493 e. The summed E-state index contributed by atoms with van der Waals surface area (Å²) < 4.78 is 13.5. The predicted molar refractivity (Wildman–Crippen MR) is 174 cm³/mol. The molecule has 232 valence electrons. The number of allylic oxidation sites excluding steroid dienone is 1. The Bertz CT molecular complexity index is 1980. The molecule has 0 radical (unpaired) electrons. The molecule has 9 nitrogen and oxygen atoms in total. The van der Waals surface area contributed by atoms with E-state index in [1.54, 1.807) is 71.0 Å². The Morgan fingerprint density at radius 1 is 1.07 bits per heavy atom. The van der Waals surface area contributed by atoms with Crippen molar-refractivity contribution in [2.45, 2.75) is 33.4 Å². The first-order chi connectivity index (χ1) is 21.6. The molecule has 1 aliphatic heterocycles. The van der Waals surface area contributed by atoms with Crippen LogP contribution in [0, 0.1) is 0 Å². The maximum atomic E-state index is 14.0. The number of methoxy groups -OCH3 is 1. The van der Waals surface area contributed by atoms with Crippen molar-refractivity contribution in [2.24, 2.45) is 4.99 Å². The summed E-state index contributed by atoms with van der Waals surface area (Å²) in [6.07, 6.45) is 1.76. The van der Waals surface area contributed by atoms with Gasteiger partial charge in [-0.2, -0.15) is 0 Å². The van der Waals surface area contributed by atoms with Crippen LogP contribution in [0.15, 0.2) is 87.8 Å². The van der Waals surface area contributed by atoms with Crippen LogP contribution in [0.1, 0.15) is 53.9 Å². The number of likely N-dealkylation sites (N-methyl/N-ethyl adjacent to an activating group) is 1. The summed E-state index contributed by atoms with van der Waals surface area (Å²) >= 11 is 7.43. The van der Waals surface area contributed by atoms with Gasteiger partial charge in [0, 0.05) is 18.1 Å². The zero-order chi connectivity index (χ0) is 32.2. The van der Waals surface area contributed by atoms with Crippen LogP contribution < -0.4 is 24.4 Å². The second-order valence-electron chi connectivity index (χ2n) is 10.3. The van der Waals surface area contributed by atoms with Crippen LogP contribution >= 0.6 is 22.9 Å². The van der Waals surface area contributed by atoms with Gasteiger partial charge in [-0.25, -0.2) is 9.79 Å². The van der Waals surface area contributed by atoms with E-state index in [-0.39, 0.29) is 23.6 Å². The van der Waals surface area contributed by atoms with E-state index in [1.807, 2.05) is 26.0 Å². The number of halogens is 1. The third-order valence-electron chi connectivity index (χ3n) is 7.54. The van der Waals surface area contributed by atoms with Crippen molar-refractivity contribution >= 4 is 40.9 Å². The molecule has 3 aromatic carbocycles. The highest BCUT2D eigenvalue weighted by Gasteiger charge is 2.34. The third-order valence-corrected chi connectivity index (χ3v) is 8.78. The lowest BCUT2D eigenvalue weighted by atomic mass is 9.94. The van der Waals surface area contributed by atoms with Gasteiger partial charge < -0.3 is 19.5 Å². The van der Waals surface area contributed by atoms with Crippen LogP contribution in [0.3, 0.4) is 0 Å². The number of amides is 1. The first-order valence-electron chi connectivity index (χ1n) is 14.4. The van der Waals surface area contributed by atoms with E-state index in [2.05, 4.69) is 0 Å². The SMILES string of the molecule is CCN(CC)C(=O)C1=C(C)N=c2s/c(=C/c3ccc(OCc4cccc(C(=O)O)c4)c(OC)c3)c(=O)n2[C@@H]1c1ccc(Cl)cc1. The van der Waals surface area contributed by atoms with Gasteiger partial charge in [0.15, 0.2) is 16.3 Å². The van der Waals surface area contributed by atoms with E-state index in [1.165, 1.54) is 24.5 Å². The number of carboxylic acids is 1. The van der Waals surface area contributed by atoms with Gasteiger partial charge in [0.1, 0.15) is 6.61 Å². The molecule has 0 spiro atoms. The van der Waals surface area contributed by atoms with Crippen molar-refractivity contribution in [1.82, 2.24) is 9.47 Å². The quantitative estimate of drug-likeness (QED) is 0.259. The lowest BCUT2D eigenvalue weighted by molar-refractivity contribution is -0.127. The molecule has 2 heterocycles. The number of hydrogen-bond acceptors (Lipinski definition) is 7. The Morgan fingerprint density at radius 2 is 1.80 bits per heavy atom. The van der Waals surface area contributed by atoms with Gasteiger partial charge in [0.2, 0.25) is 0 Å². The molecule has 1 amide bonds.